The zero-order valence-corrected chi connectivity index (χ0v) is 13.9. The van der Waals surface area contributed by atoms with E-state index in [9.17, 15) is 10.1 Å². The van der Waals surface area contributed by atoms with Crippen LogP contribution in [0.5, 0.6) is 0 Å². The van der Waals surface area contributed by atoms with Crippen LogP contribution < -0.4 is 5.32 Å². The van der Waals surface area contributed by atoms with Crippen molar-refractivity contribution in [3.05, 3.63) is 53.1 Å². The van der Waals surface area contributed by atoms with Crippen LogP contribution in [-0.4, -0.2) is 4.92 Å². The molecule has 0 spiro atoms. The minimum Gasteiger partial charge on any atom is -0.380 e. The van der Waals surface area contributed by atoms with E-state index in [-0.39, 0.29) is 5.69 Å². The fourth-order valence-electron chi connectivity index (χ4n) is 1.56. The van der Waals surface area contributed by atoms with Crippen molar-refractivity contribution >= 4 is 54.6 Å². The number of nitro groups is 1. The number of hydrogen-bond donors (Lipinski definition) is 1. The molecule has 1 aromatic carbocycles. The van der Waals surface area contributed by atoms with Crippen LogP contribution in [0.4, 0.5) is 11.4 Å². The van der Waals surface area contributed by atoms with E-state index in [4.69, 9.17) is 0 Å². The minimum atomic E-state index is -0.402. The van der Waals surface area contributed by atoms with Gasteiger partial charge in [-0.25, -0.2) is 0 Å². The molecule has 0 unspecified atom stereocenters. The Balaban J connectivity index is 2.11. The molecule has 4 nitrogen and oxygen atoms in total. The maximum absolute atomic E-state index is 10.8. The van der Waals surface area contributed by atoms with Gasteiger partial charge in [0.25, 0.3) is 5.69 Å². The molecule has 0 amide bonds. The number of nitro benzene ring substituents is 1. The molecule has 2 aromatic rings. The number of hydrogen-bond acceptors (Lipinski definition) is 4. The van der Waals surface area contributed by atoms with Gasteiger partial charge in [0.05, 0.1) is 9.40 Å². The van der Waals surface area contributed by atoms with Crippen LogP contribution in [0.15, 0.2) is 33.2 Å². The van der Waals surface area contributed by atoms with E-state index in [1.54, 1.807) is 17.4 Å². The third kappa shape index (κ3) is 3.55. The Morgan fingerprint density at radius 1 is 1.32 bits per heavy atom. The molecule has 0 aliphatic carbocycles. The molecule has 0 radical (unpaired) electrons. The fraction of sp³-hybridized carbons (Fsp3) is 0.167. The number of thiophene rings is 1. The molecule has 1 heterocycles. The van der Waals surface area contributed by atoms with E-state index < -0.39 is 4.92 Å². The molecular weight excluding hydrogens is 396 g/mol. The van der Waals surface area contributed by atoms with E-state index in [2.05, 4.69) is 43.2 Å². The van der Waals surface area contributed by atoms with E-state index in [0.29, 0.717) is 11.0 Å². The highest BCUT2D eigenvalue weighted by molar-refractivity contribution is 9.11. The fourth-order valence-corrected chi connectivity index (χ4v) is 3.49. The van der Waals surface area contributed by atoms with Crippen LogP contribution in [-0.2, 0) is 6.54 Å². The van der Waals surface area contributed by atoms with Gasteiger partial charge in [-0.05, 0) is 57.0 Å². The molecule has 0 bridgehead atoms. The Bertz CT molecular complexity index is 609. The topological polar surface area (TPSA) is 55.2 Å². The number of benzene rings is 1. The summed E-state index contributed by atoms with van der Waals surface area (Å²) >= 11 is 8.33. The van der Waals surface area contributed by atoms with Crippen molar-refractivity contribution in [2.75, 3.05) is 5.32 Å². The van der Waals surface area contributed by atoms with Crippen molar-refractivity contribution in [2.45, 2.75) is 13.5 Å². The first-order valence-corrected chi connectivity index (χ1v) is 7.80. The molecule has 0 saturated heterocycles. The second-order valence-electron chi connectivity index (χ2n) is 3.89. The van der Waals surface area contributed by atoms with E-state index >= 15 is 0 Å². The molecule has 0 fully saturated rings. The van der Waals surface area contributed by atoms with Crippen molar-refractivity contribution in [3.63, 3.8) is 0 Å². The zero-order chi connectivity index (χ0) is 14.0. The van der Waals surface area contributed by atoms with Gasteiger partial charge >= 0.3 is 0 Å². The average molecular weight is 406 g/mol. The van der Waals surface area contributed by atoms with E-state index in [1.807, 2.05) is 13.0 Å². The number of rotatable bonds is 4. The largest absolute Gasteiger partial charge is 0.380 e. The third-order valence-corrected chi connectivity index (χ3v) is 5.32. The number of halogens is 2. The van der Waals surface area contributed by atoms with Crippen LogP contribution in [0.2, 0.25) is 0 Å². The molecule has 0 atom stereocenters. The summed E-state index contributed by atoms with van der Waals surface area (Å²) in [5, 5.41) is 14.0. The lowest BCUT2D eigenvalue weighted by Crippen LogP contribution is -1.98. The quantitative estimate of drug-likeness (QED) is 0.568. The number of nitrogens with one attached hydrogen (secondary N) is 1. The Labute approximate surface area is 131 Å². The van der Waals surface area contributed by atoms with Gasteiger partial charge < -0.3 is 5.32 Å². The first-order chi connectivity index (χ1) is 8.97. The Hall–Kier alpha value is -0.920. The molecule has 0 aliphatic heterocycles. The predicted molar refractivity (Wildman–Crippen MR) is 84.9 cm³/mol. The highest BCUT2D eigenvalue weighted by Gasteiger charge is 2.12. The highest BCUT2D eigenvalue weighted by atomic mass is 79.9. The van der Waals surface area contributed by atoms with Gasteiger partial charge in [0.15, 0.2) is 0 Å². The lowest BCUT2D eigenvalue weighted by atomic mass is 10.3. The summed E-state index contributed by atoms with van der Waals surface area (Å²) in [5.74, 6) is 0. The molecule has 1 N–H and O–H groups in total. The Kier molecular flexibility index (Phi) is 4.59. The minimum absolute atomic E-state index is 0.0635. The molecule has 100 valence electrons. The number of anilines is 1. The lowest BCUT2D eigenvalue weighted by molar-refractivity contribution is -0.385. The van der Waals surface area contributed by atoms with Gasteiger partial charge in [-0.1, -0.05) is 0 Å². The normalized spacial score (nSPS) is 10.5. The number of nitrogens with zero attached hydrogens (tertiary/aromatic N) is 1. The van der Waals surface area contributed by atoms with Crippen LogP contribution in [0, 0.1) is 17.0 Å². The summed E-state index contributed by atoms with van der Waals surface area (Å²) < 4.78 is 1.58. The molecular formula is C12H10Br2N2O2S. The first kappa shape index (κ1) is 14.5. The highest BCUT2D eigenvalue weighted by Crippen LogP contribution is 2.29. The van der Waals surface area contributed by atoms with Crippen molar-refractivity contribution in [3.8, 4) is 0 Å². The van der Waals surface area contributed by atoms with Crippen LogP contribution in [0.1, 0.15) is 9.75 Å². The first-order valence-electron chi connectivity index (χ1n) is 5.40. The molecule has 1 aromatic heterocycles. The zero-order valence-electron chi connectivity index (χ0n) is 9.94. The van der Waals surface area contributed by atoms with Crippen LogP contribution >= 0.6 is 43.2 Å². The average Bonchev–Trinajstić information content (AvgIpc) is 2.67. The summed E-state index contributed by atoms with van der Waals surface area (Å²) in [6, 6.07) is 7.07. The summed E-state index contributed by atoms with van der Waals surface area (Å²) in [4.78, 5) is 12.8. The molecule has 2 rings (SSSR count). The van der Waals surface area contributed by atoms with E-state index in [0.717, 1.165) is 10.2 Å². The summed E-state index contributed by atoms with van der Waals surface area (Å²) in [6.45, 7) is 2.69. The van der Waals surface area contributed by atoms with Gasteiger partial charge in [0.2, 0.25) is 0 Å². The van der Waals surface area contributed by atoms with Crippen molar-refractivity contribution < 1.29 is 4.92 Å². The standard InChI is InChI=1S/C12H10Br2N2O2S/c1-7-11(14)5-9(19-7)6-15-8-2-3-10(13)12(4-8)16(17)18/h2-5,15H,6H2,1H3. The van der Waals surface area contributed by atoms with E-state index in [1.165, 1.54) is 15.8 Å². The van der Waals surface area contributed by atoms with Crippen molar-refractivity contribution in [1.82, 2.24) is 0 Å². The van der Waals surface area contributed by atoms with Gasteiger partial charge in [0.1, 0.15) is 0 Å². The maximum Gasteiger partial charge on any atom is 0.285 e. The second kappa shape index (κ2) is 6.02. The van der Waals surface area contributed by atoms with Crippen molar-refractivity contribution in [2.24, 2.45) is 0 Å². The lowest BCUT2D eigenvalue weighted by Gasteiger charge is -2.05. The van der Waals surface area contributed by atoms with Crippen LogP contribution in [0.25, 0.3) is 0 Å². The second-order valence-corrected chi connectivity index (χ2v) is 6.94. The Morgan fingerprint density at radius 3 is 2.63 bits per heavy atom. The predicted octanol–water partition coefficient (Wildman–Crippen LogP) is 5.10. The monoisotopic (exact) mass is 404 g/mol. The van der Waals surface area contributed by atoms with Crippen molar-refractivity contribution in [1.29, 1.82) is 0 Å². The SMILES string of the molecule is Cc1sc(CNc2ccc(Br)c([N+](=O)[O-])c2)cc1Br. The molecule has 0 saturated carbocycles. The maximum atomic E-state index is 10.8. The molecule has 19 heavy (non-hydrogen) atoms. The van der Waals surface area contributed by atoms with Gasteiger partial charge in [-0.2, -0.15) is 0 Å². The van der Waals surface area contributed by atoms with Gasteiger partial charge in [-0.15, -0.1) is 11.3 Å². The summed E-state index contributed by atoms with van der Waals surface area (Å²) in [6.07, 6.45) is 0. The molecule has 0 aliphatic rings. The third-order valence-electron chi connectivity index (χ3n) is 2.52. The van der Waals surface area contributed by atoms with Crippen LogP contribution in [0.3, 0.4) is 0 Å². The number of aryl methyl sites for hydroxylation is 1. The summed E-state index contributed by atoms with van der Waals surface area (Å²) in [7, 11) is 0. The molecule has 7 heteroatoms. The summed E-state index contributed by atoms with van der Waals surface area (Å²) in [5.41, 5.74) is 0.797. The smallest absolute Gasteiger partial charge is 0.285 e. The van der Waals surface area contributed by atoms with Gasteiger partial charge in [-0.3, -0.25) is 10.1 Å². The Morgan fingerprint density at radius 2 is 2.05 bits per heavy atom. The van der Waals surface area contributed by atoms with Gasteiger partial charge in [0, 0.05) is 32.5 Å².